The Kier molecular flexibility index (Phi) is 5.63. The number of aryl methyl sites for hydroxylation is 1. The number of nitriles is 1. The average molecular weight is 379 g/mol. The molecule has 3 aromatic rings. The number of amides is 1. The Labute approximate surface area is 161 Å². The Morgan fingerprint density at radius 1 is 1.26 bits per heavy atom. The second-order valence-electron chi connectivity index (χ2n) is 6.05. The van der Waals surface area contributed by atoms with Crippen molar-refractivity contribution in [2.24, 2.45) is 0 Å². The zero-order chi connectivity index (χ0) is 19.4. The number of carbonyl (C=O) groups is 1. The van der Waals surface area contributed by atoms with Gasteiger partial charge in [0.05, 0.1) is 12.3 Å². The molecule has 0 aliphatic heterocycles. The predicted molar refractivity (Wildman–Crippen MR) is 104 cm³/mol. The van der Waals surface area contributed by atoms with Gasteiger partial charge in [0.1, 0.15) is 21.7 Å². The smallest absolute Gasteiger partial charge is 0.266 e. The predicted octanol–water partition coefficient (Wildman–Crippen LogP) is 4.85. The van der Waals surface area contributed by atoms with Crippen LogP contribution >= 0.6 is 11.3 Å². The Morgan fingerprint density at radius 3 is 2.59 bits per heavy atom. The van der Waals surface area contributed by atoms with Gasteiger partial charge in [0.25, 0.3) is 5.91 Å². The molecular weight excluding hydrogens is 361 g/mol. The molecule has 1 amide bonds. The van der Waals surface area contributed by atoms with Gasteiger partial charge in [0.2, 0.25) is 0 Å². The lowest BCUT2D eigenvalue weighted by Crippen LogP contribution is -2.30. The lowest BCUT2D eigenvalue weighted by molar-refractivity contribution is 0.0768. The lowest BCUT2D eigenvalue weighted by atomic mass is 10.0. The summed E-state index contributed by atoms with van der Waals surface area (Å²) < 4.78 is 13.9. The highest BCUT2D eigenvalue weighted by Gasteiger charge is 2.24. The first-order valence-corrected chi connectivity index (χ1v) is 9.33. The van der Waals surface area contributed by atoms with Crippen LogP contribution in [0.1, 0.15) is 33.8 Å². The van der Waals surface area contributed by atoms with E-state index in [0.717, 1.165) is 23.3 Å². The highest BCUT2D eigenvalue weighted by atomic mass is 32.1. The van der Waals surface area contributed by atoms with E-state index in [1.54, 1.807) is 25.2 Å². The Morgan fingerprint density at radius 2 is 1.96 bits per heavy atom. The fourth-order valence-electron chi connectivity index (χ4n) is 2.74. The Balaban J connectivity index is 1.84. The number of thiazole rings is 1. The van der Waals surface area contributed by atoms with E-state index in [2.05, 4.69) is 18.0 Å². The van der Waals surface area contributed by atoms with Crippen molar-refractivity contribution in [3.05, 3.63) is 76.5 Å². The topological polar surface area (TPSA) is 57.0 Å². The summed E-state index contributed by atoms with van der Waals surface area (Å²) in [5.41, 5.74) is 2.28. The minimum atomic E-state index is -0.706. The summed E-state index contributed by atoms with van der Waals surface area (Å²) in [5, 5.41) is 10.0. The van der Waals surface area contributed by atoms with Gasteiger partial charge in [-0.25, -0.2) is 9.37 Å². The Bertz CT molecular complexity index is 991. The van der Waals surface area contributed by atoms with Crippen LogP contribution in [0, 0.1) is 17.1 Å². The molecule has 0 spiro atoms. The van der Waals surface area contributed by atoms with Gasteiger partial charge in [-0.05, 0) is 29.7 Å². The third-order valence-corrected chi connectivity index (χ3v) is 5.37. The molecule has 6 heteroatoms. The van der Waals surface area contributed by atoms with Crippen molar-refractivity contribution in [1.82, 2.24) is 9.88 Å². The quantitative estimate of drug-likeness (QED) is 0.637. The molecule has 136 valence electrons. The maximum Gasteiger partial charge on any atom is 0.266 e. The SMILES string of the molecule is CCc1ccc([C@H](C#N)N(C)C(=O)c2cnc(-c3ccccc3F)s2)cc1. The molecule has 0 fully saturated rings. The standard InChI is InChI=1S/C21H18FN3OS/c1-3-14-8-10-15(11-9-14)18(12-23)25(2)21(26)19-13-24-20(27-19)16-6-4-5-7-17(16)22/h4-11,13,18H,3H2,1-2H3/t18-/m0/s1. The number of hydrogen-bond donors (Lipinski definition) is 0. The molecular formula is C21H18FN3OS. The fraction of sp³-hybridized carbons (Fsp3) is 0.190. The first-order valence-electron chi connectivity index (χ1n) is 8.51. The second-order valence-corrected chi connectivity index (χ2v) is 7.08. The fourth-order valence-corrected chi connectivity index (χ4v) is 3.67. The van der Waals surface area contributed by atoms with E-state index in [0.29, 0.717) is 15.4 Å². The monoisotopic (exact) mass is 379 g/mol. The van der Waals surface area contributed by atoms with E-state index in [1.165, 1.54) is 22.7 Å². The van der Waals surface area contributed by atoms with Crippen molar-refractivity contribution in [2.45, 2.75) is 19.4 Å². The second kappa shape index (κ2) is 8.11. The normalized spacial score (nSPS) is 11.6. The van der Waals surface area contributed by atoms with E-state index in [9.17, 15) is 14.4 Å². The first-order chi connectivity index (χ1) is 13.0. The van der Waals surface area contributed by atoms with Gasteiger partial charge in [-0.1, -0.05) is 43.3 Å². The zero-order valence-electron chi connectivity index (χ0n) is 15.0. The van der Waals surface area contributed by atoms with Crippen molar-refractivity contribution in [3.63, 3.8) is 0 Å². The van der Waals surface area contributed by atoms with Crippen molar-refractivity contribution in [3.8, 4) is 16.6 Å². The molecule has 4 nitrogen and oxygen atoms in total. The molecule has 0 saturated heterocycles. The van der Waals surface area contributed by atoms with Gasteiger partial charge in [0.15, 0.2) is 0 Å². The van der Waals surface area contributed by atoms with Gasteiger partial charge in [-0.15, -0.1) is 11.3 Å². The number of carbonyl (C=O) groups excluding carboxylic acids is 1. The molecule has 0 unspecified atom stereocenters. The summed E-state index contributed by atoms with van der Waals surface area (Å²) in [7, 11) is 1.59. The van der Waals surface area contributed by atoms with E-state index >= 15 is 0 Å². The summed E-state index contributed by atoms with van der Waals surface area (Å²) in [6, 6.07) is 15.4. The van der Waals surface area contributed by atoms with Crippen LogP contribution in [0.3, 0.4) is 0 Å². The molecule has 1 atom stereocenters. The minimum absolute atomic E-state index is 0.318. The average Bonchev–Trinajstić information content (AvgIpc) is 3.18. The number of nitrogens with zero attached hydrogens (tertiary/aromatic N) is 3. The molecule has 1 heterocycles. The van der Waals surface area contributed by atoms with Gasteiger partial charge < -0.3 is 4.90 Å². The highest BCUT2D eigenvalue weighted by molar-refractivity contribution is 7.16. The molecule has 1 aromatic heterocycles. The molecule has 27 heavy (non-hydrogen) atoms. The van der Waals surface area contributed by atoms with Gasteiger partial charge >= 0.3 is 0 Å². The van der Waals surface area contributed by atoms with Crippen LogP contribution in [-0.4, -0.2) is 22.8 Å². The molecule has 0 radical (unpaired) electrons. The first kappa shape index (κ1) is 18.7. The van der Waals surface area contributed by atoms with Crippen LogP contribution in [0.15, 0.2) is 54.7 Å². The van der Waals surface area contributed by atoms with Crippen LogP contribution in [-0.2, 0) is 6.42 Å². The summed E-state index contributed by atoms with van der Waals surface area (Å²) in [4.78, 5) is 18.8. The summed E-state index contributed by atoms with van der Waals surface area (Å²) in [6.07, 6.45) is 2.34. The van der Waals surface area contributed by atoms with E-state index < -0.39 is 6.04 Å². The molecule has 0 aliphatic carbocycles. The van der Waals surface area contributed by atoms with Crippen LogP contribution < -0.4 is 0 Å². The zero-order valence-corrected chi connectivity index (χ0v) is 15.8. The third-order valence-electron chi connectivity index (χ3n) is 4.35. The molecule has 3 rings (SSSR count). The maximum atomic E-state index is 13.9. The number of halogens is 1. The van der Waals surface area contributed by atoms with Gasteiger partial charge in [-0.2, -0.15) is 5.26 Å². The van der Waals surface area contributed by atoms with Gasteiger partial charge in [-0.3, -0.25) is 4.79 Å². The van der Waals surface area contributed by atoms with Crippen molar-refractivity contribution >= 4 is 17.2 Å². The van der Waals surface area contributed by atoms with Crippen LogP contribution in [0.5, 0.6) is 0 Å². The number of rotatable bonds is 5. The van der Waals surface area contributed by atoms with Crippen molar-refractivity contribution in [2.75, 3.05) is 7.05 Å². The minimum Gasteiger partial charge on any atom is -0.321 e. The largest absolute Gasteiger partial charge is 0.321 e. The van der Waals surface area contributed by atoms with E-state index in [-0.39, 0.29) is 11.7 Å². The molecule has 2 aromatic carbocycles. The van der Waals surface area contributed by atoms with Crippen molar-refractivity contribution < 1.29 is 9.18 Å². The van der Waals surface area contributed by atoms with Crippen LogP contribution in [0.4, 0.5) is 4.39 Å². The summed E-state index contributed by atoms with van der Waals surface area (Å²) in [6.45, 7) is 2.06. The van der Waals surface area contributed by atoms with Crippen LogP contribution in [0.2, 0.25) is 0 Å². The molecule has 0 aliphatic rings. The molecule has 0 saturated carbocycles. The number of hydrogen-bond acceptors (Lipinski definition) is 4. The Hall–Kier alpha value is -3.04. The summed E-state index contributed by atoms with van der Waals surface area (Å²) in [5.74, 6) is -0.702. The van der Waals surface area contributed by atoms with Crippen molar-refractivity contribution in [1.29, 1.82) is 5.26 Å². The third kappa shape index (κ3) is 3.88. The summed E-state index contributed by atoms with van der Waals surface area (Å²) >= 11 is 1.11. The lowest BCUT2D eigenvalue weighted by Gasteiger charge is -2.22. The maximum absolute atomic E-state index is 13.9. The van der Waals surface area contributed by atoms with E-state index in [4.69, 9.17) is 0 Å². The molecule has 0 bridgehead atoms. The van der Waals surface area contributed by atoms with Crippen LogP contribution in [0.25, 0.3) is 10.6 Å². The number of benzene rings is 2. The molecule has 0 N–H and O–H groups in total. The van der Waals surface area contributed by atoms with Gasteiger partial charge in [0, 0.05) is 12.6 Å². The number of aromatic nitrogens is 1. The van der Waals surface area contributed by atoms with E-state index in [1.807, 2.05) is 24.3 Å². The highest BCUT2D eigenvalue weighted by Crippen LogP contribution is 2.29.